The van der Waals surface area contributed by atoms with Crippen molar-refractivity contribution in [3.05, 3.63) is 35.5 Å². The Morgan fingerprint density at radius 1 is 1.03 bits per heavy atom. The molecule has 1 aromatic rings. The number of hydrogen-bond donors (Lipinski definition) is 0. The van der Waals surface area contributed by atoms with Crippen LogP contribution in [-0.4, -0.2) is 47.9 Å². The van der Waals surface area contributed by atoms with Crippen molar-refractivity contribution in [2.75, 3.05) is 26.2 Å². The van der Waals surface area contributed by atoms with Crippen LogP contribution in [0.2, 0.25) is 0 Å². The zero-order chi connectivity index (χ0) is 21.8. The third kappa shape index (κ3) is 4.88. The highest BCUT2D eigenvalue weighted by Crippen LogP contribution is 2.35. The third-order valence-electron chi connectivity index (χ3n) is 5.79. The number of amides is 2. The second-order valence-electron chi connectivity index (χ2n) is 9.42. The van der Waals surface area contributed by atoms with Gasteiger partial charge in [0.05, 0.1) is 12.2 Å². The minimum atomic E-state index is -0.162. The number of imide groups is 1. The van der Waals surface area contributed by atoms with Gasteiger partial charge in [0.2, 0.25) is 0 Å². The van der Waals surface area contributed by atoms with Crippen LogP contribution < -0.4 is 4.74 Å². The predicted octanol–water partition coefficient (Wildman–Crippen LogP) is 4.58. The molecule has 0 N–H and O–H groups in total. The van der Waals surface area contributed by atoms with Crippen molar-refractivity contribution >= 4 is 17.4 Å². The van der Waals surface area contributed by atoms with Gasteiger partial charge in [0.1, 0.15) is 11.4 Å². The SMILES string of the molecule is CCCCN1C(=O)C(c2ccc(OCC(C)C)cc2)=C(N2CC(C)CC(C)C2)C1=O. The molecule has 0 spiro atoms. The van der Waals surface area contributed by atoms with E-state index in [1.165, 1.54) is 4.90 Å². The number of nitrogens with zero attached hydrogens (tertiary/aromatic N) is 2. The first-order chi connectivity index (χ1) is 14.3. The van der Waals surface area contributed by atoms with E-state index in [0.29, 0.717) is 42.2 Å². The normalized spacial score (nSPS) is 22.5. The van der Waals surface area contributed by atoms with Crippen LogP contribution in [0, 0.1) is 17.8 Å². The third-order valence-corrected chi connectivity index (χ3v) is 5.79. The summed E-state index contributed by atoms with van der Waals surface area (Å²) in [5.74, 6) is 1.94. The first-order valence-corrected chi connectivity index (χ1v) is 11.4. The fourth-order valence-corrected chi connectivity index (χ4v) is 4.46. The topological polar surface area (TPSA) is 49.9 Å². The van der Waals surface area contributed by atoms with Crippen molar-refractivity contribution in [3.8, 4) is 5.75 Å². The van der Waals surface area contributed by atoms with E-state index in [1.807, 2.05) is 24.3 Å². The van der Waals surface area contributed by atoms with Crippen molar-refractivity contribution in [2.24, 2.45) is 17.8 Å². The maximum absolute atomic E-state index is 13.3. The molecular weight excluding hydrogens is 376 g/mol. The lowest BCUT2D eigenvalue weighted by Gasteiger charge is -2.37. The number of likely N-dealkylation sites (tertiary alicyclic amines) is 1. The molecule has 3 rings (SSSR count). The lowest BCUT2D eigenvalue weighted by atomic mass is 9.91. The molecule has 164 valence electrons. The van der Waals surface area contributed by atoms with Gasteiger partial charge in [0.15, 0.2) is 0 Å². The fraction of sp³-hybridized carbons (Fsp3) is 0.600. The van der Waals surface area contributed by atoms with Gasteiger partial charge in [-0.1, -0.05) is 53.2 Å². The monoisotopic (exact) mass is 412 g/mol. The lowest BCUT2D eigenvalue weighted by molar-refractivity contribution is -0.137. The minimum Gasteiger partial charge on any atom is -0.493 e. The van der Waals surface area contributed by atoms with Crippen molar-refractivity contribution in [1.29, 1.82) is 0 Å². The average Bonchev–Trinajstić information content (AvgIpc) is 2.94. The molecule has 2 aliphatic rings. The average molecular weight is 413 g/mol. The van der Waals surface area contributed by atoms with Gasteiger partial charge in [0.25, 0.3) is 11.8 Å². The second-order valence-corrected chi connectivity index (χ2v) is 9.42. The molecule has 0 radical (unpaired) electrons. The minimum absolute atomic E-state index is 0.134. The maximum Gasteiger partial charge on any atom is 0.277 e. The summed E-state index contributed by atoms with van der Waals surface area (Å²) in [6, 6.07) is 7.62. The Labute approximate surface area is 181 Å². The van der Waals surface area contributed by atoms with Gasteiger partial charge in [-0.25, -0.2) is 0 Å². The Bertz CT molecular complexity index is 787. The zero-order valence-electron chi connectivity index (χ0n) is 19.1. The molecule has 5 heteroatoms. The van der Waals surface area contributed by atoms with E-state index in [1.54, 1.807) is 0 Å². The second kappa shape index (κ2) is 9.67. The molecule has 5 nitrogen and oxygen atoms in total. The van der Waals surface area contributed by atoms with Gasteiger partial charge in [-0.3, -0.25) is 14.5 Å². The Morgan fingerprint density at radius 3 is 2.23 bits per heavy atom. The van der Waals surface area contributed by atoms with Crippen LogP contribution in [0.25, 0.3) is 5.57 Å². The van der Waals surface area contributed by atoms with Crippen molar-refractivity contribution in [3.63, 3.8) is 0 Å². The van der Waals surface area contributed by atoms with E-state index in [2.05, 4.69) is 39.5 Å². The van der Waals surface area contributed by atoms with E-state index in [0.717, 1.165) is 43.7 Å². The highest BCUT2D eigenvalue weighted by atomic mass is 16.5. The van der Waals surface area contributed by atoms with Crippen LogP contribution in [0.3, 0.4) is 0 Å². The van der Waals surface area contributed by atoms with Gasteiger partial charge >= 0.3 is 0 Å². The highest BCUT2D eigenvalue weighted by molar-refractivity contribution is 6.35. The van der Waals surface area contributed by atoms with Crippen molar-refractivity contribution < 1.29 is 14.3 Å². The maximum atomic E-state index is 13.3. The lowest BCUT2D eigenvalue weighted by Crippen LogP contribution is -2.42. The molecule has 2 amide bonds. The summed E-state index contributed by atoms with van der Waals surface area (Å²) < 4.78 is 5.79. The summed E-state index contributed by atoms with van der Waals surface area (Å²) in [5.41, 5.74) is 1.93. The van der Waals surface area contributed by atoms with Crippen LogP contribution in [-0.2, 0) is 9.59 Å². The number of carbonyl (C=O) groups is 2. The van der Waals surface area contributed by atoms with Gasteiger partial charge < -0.3 is 9.64 Å². The number of ether oxygens (including phenoxy) is 1. The Balaban J connectivity index is 1.95. The quantitative estimate of drug-likeness (QED) is 0.587. The predicted molar refractivity (Wildman–Crippen MR) is 120 cm³/mol. The summed E-state index contributed by atoms with van der Waals surface area (Å²) in [7, 11) is 0. The Hall–Kier alpha value is -2.30. The Morgan fingerprint density at radius 2 is 1.67 bits per heavy atom. The first-order valence-electron chi connectivity index (χ1n) is 11.4. The molecule has 1 fully saturated rings. The van der Waals surface area contributed by atoms with Crippen LogP contribution >= 0.6 is 0 Å². The number of unbranched alkanes of at least 4 members (excludes halogenated alkanes) is 1. The summed E-state index contributed by atoms with van der Waals surface area (Å²) in [5, 5.41) is 0. The summed E-state index contributed by atoms with van der Waals surface area (Å²) in [6.07, 6.45) is 2.93. The molecule has 2 unspecified atom stereocenters. The van der Waals surface area contributed by atoms with Crippen LogP contribution in [0.15, 0.2) is 30.0 Å². The molecule has 2 heterocycles. The van der Waals surface area contributed by atoms with E-state index in [-0.39, 0.29) is 11.8 Å². The largest absolute Gasteiger partial charge is 0.493 e. The number of benzene rings is 1. The molecule has 2 atom stereocenters. The molecular formula is C25H36N2O3. The van der Waals surface area contributed by atoms with Crippen LogP contribution in [0.1, 0.15) is 59.4 Å². The first kappa shape index (κ1) is 22.4. The zero-order valence-corrected chi connectivity index (χ0v) is 19.1. The van der Waals surface area contributed by atoms with Crippen molar-refractivity contribution in [1.82, 2.24) is 9.80 Å². The van der Waals surface area contributed by atoms with Gasteiger partial charge in [0, 0.05) is 19.6 Å². The van der Waals surface area contributed by atoms with Gasteiger partial charge in [-0.15, -0.1) is 0 Å². The summed E-state index contributed by atoms with van der Waals surface area (Å²) in [6.45, 7) is 13.5. The van der Waals surface area contributed by atoms with Crippen LogP contribution in [0.5, 0.6) is 5.75 Å². The molecule has 0 bridgehead atoms. The standard InChI is InChI=1S/C25H36N2O3/c1-6-7-12-27-24(28)22(20-8-10-21(11-9-20)30-16-17(2)3)23(25(27)29)26-14-18(4)13-19(5)15-26/h8-11,17-19H,6-7,12-16H2,1-5H3. The number of rotatable bonds is 8. The van der Waals surface area contributed by atoms with Crippen molar-refractivity contribution in [2.45, 2.75) is 53.9 Å². The van der Waals surface area contributed by atoms with E-state index in [9.17, 15) is 9.59 Å². The molecule has 0 aromatic heterocycles. The number of hydrogen-bond acceptors (Lipinski definition) is 4. The van der Waals surface area contributed by atoms with Gasteiger partial charge in [-0.05, 0) is 48.3 Å². The summed E-state index contributed by atoms with van der Waals surface area (Å²) >= 11 is 0. The molecule has 1 saturated heterocycles. The van der Waals surface area contributed by atoms with E-state index < -0.39 is 0 Å². The number of carbonyl (C=O) groups excluding carboxylic acids is 2. The fourth-order valence-electron chi connectivity index (χ4n) is 4.46. The molecule has 2 aliphatic heterocycles. The molecule has 0 saturated carbocycles. The number of piperidine rings is 1. The van der Waals surface area contributed by atoms with Gasteiger partial charge in [-0.2, -0.15) is 0 Å². The van der Waals surface area contributed by atoms with Crippen LogP contribution in [0.4, 0.5) is 0 Å². The Kier molecular flexibility index (Phi) is 7.22. The summed E-state index contributed by atoms with van der Waals surface area (Å²) in [4.78, 5) is 30.3. The molecule has 0 aliphatic carbocycles. The van der Waals surface area contributed by atoms with E-state index >= 15 is 0 Å². The highest BCUT2D eigenvalue weighted by Gasteiger charge is 2.42. The molecule has 30 heavy (non-hydrogen) atoms. The smallest absolute Gasteiger partial charge is 0.277 e. The molecule has 1 aromatic carbocycles. The van der Waals surface area contributed by atoms with E-state index in [4.69, 9.17) is 4.74 Å².